The van der Waals surface area contributed by atoms with Crippen LogP contribution in [0.1, 0.15) is 33.7 Å². The van der Waals surface area contributed by atoms with Gasteiger partial charge in [0.15, 0.2) is 0 Å². The van der Waals surface area contributed by atoms with Crippen molar-refractivity contribution in [2.75, 3.05) is 20.7 Å². The number of ether oxygens (including phenoxy) is 1. The maximum atomic E-state index is 13.8. The Bertz CT molecular complexity index is 1300. The molecule has 2 aliphatic heterocycles. The minimum atomic E-state index is -0.746. The fourth-order valence-electron chi connectivity index (χ4n) is 7.56. The van der Waals surface area contributed by atoms with Gasteiger partial charge in [0.05, 0.1) is 23.9 Å². The van der Waals surface area contributed by atoms with E-state index >= 15 is 0 Å². The van der Waals surface area contributed by atoms with Crippen molar-refractivity contribution in [2.45, 2.75) is 30.0 Å². The van der Waals surface area contributed by atoms with Crippen LogP contribution in [0.3, 0.4) is 0 Å². The van der Waals surface area contributed by atoms with Gasteiger partial charge in [0.25, 0.3) is 0 Å². The zero-order valence-electron chi connectivity index (χ0n) is 19.9. The van der Waals surface area contributed by atoms with Crippen molar-refractivity contribution < 1.29 is 14.3 Å². The van der Waals surface area contributed by atoms with E-state index in [9.17, 15) is 9.59 Å². The van der Waals surface area contributed by atoms with Gasteiger partial charge < -0.3 is 4.74 Å². The Morgan fingerprint density at radius 2 is 1.43 bits per heavy atom. The van der Waals surface area contributed by atoms with Crippen molar-refractivity contribution >= 4 is 11.8 Å². The van der Waals surface area contributed by atoms with E-state index in [1.165, 1.54) is 10.5 Å². The fraction of sp³-hybridized carbons (Fsp3) is 0.333. The maximum Gasteiger partial charge on any atom is 0.234 e. The van der Waals surface area contributed by atoms with Gasteiger partial charge >= 0.3 is 0 Å². The topological polar surface area (TPSA) is 49.9 Å². The highest BCUT2D eigenvalue weighted by Gasteiger charge is 2.71. The number of benzene rings is 3. The molecule has 2 fully saturated rings. The van der Waals surface area contributed by atoms with E-state index in [0.717, 1.165) is 28.7 Å². The second-order valence-corrected chi connectivity index (χ2v) is 10.5. The van der Waals surface area contributed by atoms with E-state index in [2.05, 4.69) is 72.6 Å². The number of amides is 2. The number of carbonyl (C=O) groups excluding carboxylic acids is 2. The van der Waals surface area contributed by atoms with Crippen LogP contribution in [-0.4, -0.2) is 54.6 Å². The molecule has 5 nitrogen and oxygen atoms in total. The first-order valence-corrected chi connectivity index (χ1v) is 12.4. The number of imide groups is 1. The van der Waals surface area contributed by atoms with Crippen LogP contribution in [-0.2, 0) is 26.2 Å². The minimum absolute atomic E-state index is 0.0696. The normalized spacial score (nSPS) is 33.1. The van der Waals surface area contributed by atoms with Crippen molar-refractivity contribution in [1.29, 1.82) is 0 Å². The molecule has 35 heavy (non-hydrogen) atoms. The standard InChI is InChI=1S/C30H28N2O3/c1-31-19(16-18-10-4-3-5-11-18)17-35-29(31)30-22-14-8-6-12-20(22)24(21-13-7-9-15-23(21)30)25-26(30)28(34)32(2)27(25)33/h3-15,19,24-26,29H,16-17H2,1-2H3/t19-,24?,25+,26+,29+,30?/m0/s1. The number of likely N-dealkylation sites (tertiary alicyclic amines) is 1. The summed E-state index contributed by atoms with van der Waals surface area (Å²) in [5, 5.41) is 0. The van der Waals surface area contributed by atoms with Crippen molar-refractivity contribution in [1.82, 2.24) is 9.80 Å². The Labute approximate surface area is 205 Å². The first kappa shape index (κ1) is 21.0. The minimum Gasteiger partial charge on any atom is -0.360 e. The summed E-state index contributed by atoms with van der Waals surface area (Å²) in [5.74, 6) is -1.14. The Hall–Kier alpha value is -3.28. The van der Waals surface area contributed by atoms with Crippen LogP contribution < -0.4 is 0 Å². The van der Waals surface area contributed by atoms with E-state index in [0.29, 0.717) is 6.61 Å². The molecule has 5 aliphatic rings. The predicted octanol–water partition coefficient (Wildman–Crippen LogP) is 3.56. The molecule has 176 valence electrons. The highest BCUT2D eigenvalue weighted by atomic mass is 16.5. The van der Waals surface area contributed by atoms with Crippen LogP contribution in [0.5, 0.6) is 0 Å². The number of carbonyl (C=O) groups is 2. The molecule has 2 amide bonds. The van der Waals surface area contributed by atoms with Gasteiger partial charge in [-0.1, -0.05) is 78.9 Å². The molecule has 3 aromatic carbocycles. The van der Waals surface area contributed by atoms with E-state index < -0.39 is 17.3 Å². The van der Waals surface area contributed by atoms with Crippen molar-refractivity contribution in [3.63, 3.8) is 0 Å². The fourth-order valence-corrected chi connectivity index (χ4v) is 7.56. The molecule has 0 radical (unpaired) electrons. The summed E-state index contributed by atoms with van der Waals surface area (Å²) in [6, 6.07) is 27.5. The third kappa shape index (κ3) is 2.55. The third-order valence-corrected chi connectivity index (χ3v) is 9.00. The Morgan fingerprint density at radius 3 is 2.09 bits per heavy atom. The number of likely N-dealkylation sites (N-methyl/N-ethyl adjacent to an activating group) is 1. The molecule has 2 heterocycles. The summed E-state index contributed by atoms with van der Waals surface area (Å²) in [4.78, 5) is 31.1. The van der Waals surface area contributed by atoms with Crippen molar-refractivity contribution in [3.05, 3.63) is 107 Å². The molecule has 0 spiro atoms. The lowest BCUT2D eigenvalue weighted by Crippen LogP contribution is -2.62. The quantitative estimate of drug-likeness (QED) is 0.557. The molecule has 3 aromatic rings. The van der Waals surface area contributed by atoms with Crippen molar-refractivity contribution in [2.24, 2.45) is 11.8 Å². The molecular formula is C30H28N2O3. The van der Waals surface area contributed by atoms with Gasteiger partial charge in [-0.3, -0.25) is 19.4 Å². The second kappa shape index (κ2) is 7.36. The summed E-state index contributed by atoms with van der Waals surface area (Å²) < 4.78 is 6.69. The molecule has 8 rings (SSSR count). The number of rotatable bonds is 3. The van der Waals surface area contributed by atoms with Gasteiger partial charge in [-0.05, 0) is 41.3 Å². The van der Waals surface area contributed by atoms with Crippen LogP contribution in [0.4, 0.5) is 0 Å². The molecule has 0 aromatic heterocycles. The zero-order valence-corrected chi connectivity index (χ0v) is 19.9. The Balaban J connectivity index is 1.45. The summed E-state index contributed by atoms with van der Waals surface area (Å²) in [6.45, 7) is 0.584. The van der Waals surface area contributed by atoms with Gasteiger partial charge in [0.1, 0.15) is 6.23 Å². The van der Waals surface area contributed by atoms with Crippen LogP contribution in [0.15, 0.2) is 78.9 Å². The van der Waals surface area contributed by atoms with Gasteiger partial charge in [-0.2, -0.15) is 0 Å². The molecule has 2 bridgehead atoms. The van der Waals surface area contributed by atoms with Crippen LogP contribution in [0.25, 0.3) is 0 Å². The van der Waals surface area contributed by atoms with Crippen LogP contribution in [0.2, 0.25) is 0 Å². The summed E-state index contributed by atoms with van der Waals surface area (Å²) >= 11 is 0. The second-order valence-electron chi connectivity index (χ2n) is 10.5. The van der Waals surface area contributed by atoms with E-state index in [1.54, 1.807) is 7.05 Å². The van der Waals surface area contributed by atoms with E-state index in [1.807, 2.05) is 18.2 Å². The third-order valence-electron chi connectivity index (χ3n) is 9.00. The molecule has 5 heteroatoms. The molecule has 4 atom stereocenters. The zero-order chi connectivity index (χ0) is 23.9. The van der Waals surface area contributed by atoms with E-state index in [4.69, 9.17) is 4.74 Å². The van der Waals surface area contributed by atoms with Gasteiger partial charge in [-0.15, -0.1) is 0 Å². The monoisotopic (exact) mass is 464 g/mol. The number of nitrogens with zero attached hydrogens (tertiary/aromatic N) is 2. The molecule has 0 unspecified atom stereocenters. The van der Waals surface area contributed by atoms with Crippen LogP contribution in [0, 0.1) is 11.8 Å². The maximum absolute atomic E-state index is 13.8. The number of hydrogen-bond donors (Lipinski definition) is 0. The first-order chi connectivity index (χ1) is 17.0. The predicted molar refractivity (Wildman–Crippen MR) is 132 cm³/mol. The van der Waals surface area contributed by atoms with E-state index in [-0.39, 0.29) is 30.0 Å². The molecule has 2 saturated heterocycles. The lowest BCUT2D eigenvalue weighted by Gasteiger charge is -2.57. The summed E-state index contributed by atoms with van der Waals surface area (Å²) in [6.07, 6.45) is 0.520. The SMILES string of the molecule is CN1C(=O)[C@@H]2C3c4ccccc4C([C@H]4OC[C@H](Cc5ccccc5)N4C)(c4ccccc43)[C@H]2C1=O. The summed E-state index contributed by atoms with van der Waals surface area (Å²) in [7, 11) is 3.76. The smallest absolute Gasteiger partial charge is 0.234 e. The molecular weight excluding hydrogens is 436 g/mol. The Morgan fingerprint density at radius 1 is 0.829 bits per heavy atom. The van der Waals surface area contributed by atoms with Gasteiger partial charge in [-0.25, -0.2) is 0 Å². The Kier molecular flexibility index (Phi) is 4.42. The average molecular weight is 465 g/mol. The molecule has 0 N–H and O–H groups in total. The van der Waals surface area contributed by atoms with Crippen molar-refractivity contribution in [3.8, 4) is 0 Å². The lowest BCUT2D eigenvalue weighted by molar-refractivity contribution is -0.139. The highest BCUT2D eigenvalue weighted by molar-refractivity contribution is 6.08. The molecule has 0 saturated carbocycles. The molecule has 3 aliphatic carbocycles. The average Bonchev–Trinajstić information content (AvgIpc) is 3.37. The van der Waals surface area contributed by atoms with Crippen LogP contribution >= 0.6 is 0 Å². The highest BCUT2D eigenvalue weighted by Crippen LogP contribution is 2.66. The van der Waals surface area contributed by atoms with Gasteiger partial charge in [0.2, 0.25) is 11.8 Å². The summed E-state index contributed by atoms with van der Waals surface area (Å²) in [5.41, 5.74) is 5.12. The number of hydrogen-bond acceptors (Lipinski definition) is 4. The first-order valence-electron chi connectivity index (χ1n) is 12.4. The van der Waals surface area contributed by atoms with Gasteiger partial charge in [0, 0.05) is 19.0 Å². The lowest BCUT2D eigenvalue weighted by atomic mass is 9.46. The largest absolute Gasteiger partial charge is 0.360 e.